The lowest BCUT2D eigenvalue weighted by molar-refractivity contribution is -0.472. The Balaban J connectivity index is 0. The van der Waals surface area contributed by atoms with Gasteiger partial charge in [-0.3, -0.25) is 0 Å². The molecule has 0 heterocycles. The third-order valence-electron chi connectivity index (χ3n) is 0.607. The number of hydrogen-bond acceptors (Lipinski definition) is 0. The van der Waals surface area contributed by atoms with Gasteiger partial charge in [-0.2, -0.15) is 0 Å². The van der Waals surface area contributed by atoms with E-state index in [9.17, 15) is 26.0 Å². The minimum atomic E-state index is -6.00. The van der Waals surface area contributed by atoms with Crippen LogP contribution in [0.5, 0.6) is 0 Å². The normalized spacial score (nSPS) is 12.7. The first-order chi connectivity index (χ1) is 5.55. The van der Waals surface area contributed by atoms with Crippen LogP contribution in [0.3, 0.4) is 0 Å². The molecule has 0 aliphatic carbocycles. The second-order valence-electron chi connectivity index (χ2n) is 2.01. The Labute approximate surface area is 76.1 Å². The van der Waals surface area contributed by atoms with E-state index in [0.717, 1.165) is 4.58 Å². The minimum absolute atomic E-state index is 0.966. The van der Waals surface area contributed by atoms with E-state index in [2.05, 4.69) is 0 Å². The van der Waals surface area contributed by atoms with E-state index in [4.69, 9.17) is 11.6 Å². The molecule has 0 amide bonds. The van der Waals surface area contributed by atoms with Crippen molar-refractivity contribution < 1.29 is 30.6 Å². The number of alkyl halides is 2. The molecule has 0 aromatic carbocycles. The summed E-state index contributed by atoms with van der Waals surface area (Å²) < 4.78 is 63.6. The molecule has 0 aromatic rings. The predicted molar refractivity (Wildman–Crippen MR) is 39.2 cm³/mol. The lowest BCUT2D eigenvalue weighted by atomic mass is 10.3. The third kappa shape index (κ3) is 18.5. The van der Waals surface area contributed by atoms with E-state index in [1.165, 1.54) is 14.1 Å². The van der Waals surface area contributed by atoms with E-state index in [0.29, 0.717) is 0 Å². The van der Waals surface area contributed by atoms with Gasteiger partial charge in [0.2, 0.25) is 0 Å². The van der Waals surface area contributed by atoms with Crippen molar-refractivity contribution in [2.45, 2.75) is 5.63 Å². The Bertz CT molecular complexity index is 168. The molecule has 13 heavy (non-hydrogen) atoms. The third-order valence-corrected chi connectivity index (χ3v) is 0.787. The van der Waals surface area contributed by atoms with Crippen LogP contribution in [0.1, 0.15) is 0 Å². The van der Waals surface area contributed by atoms with Gasteiger partial charge in [-0.15, -0.1) is 4.39 Å². The summed E-state index contributed by atoms with van der Waals surface area (Å²) in [6.45, 7) is 0. The van der Waals surface area contributed by atoms with Crippen molar-refractivity contribution in [3.8, 4) is 0 Å². The van der Waals surface area contributed by atoms with Gasteiger partial charge in [0.15, 0.2) is 0 Å². The molecule has 0 radical (unpaired) electrons. The van der Waals surface area contributed by atoms with Crippen LogP contribution in [0.2, 0.25) is 0 Å². The summed E-state index contributed by atoms with van der Waals surface area (Å²) in [6, 6.07) is 0. The summed E-state index contributed by atoms with van der Waals surface area (Å²) in [4.78, 5) is 0. The molecule has 0 spiro atoms. The Hall–Kier alpha value is -0.395. The van der Waals surface area contributed by atoms with E-state index in [1.807, 2.05) is 0 Å². The van der Waals surface area contributed by atoms with Gasteiger partial charge in [0, 0.05) is 0 Å². The van der Waals surface area contributed by atoms with Crippen LogP contribution in [0, 0.1) is 0 Å². The first kappa shape index (κ1) is 15.1. The van der Waals surface area contributed by atoms with Crippen LogP contribution in [0.15, 0.2) is 0 Å². The van der Waals surface area contributed by atoms with Crippen molar-refractivity contribution in [2.75, 3.05) is 14.1 Å². The number of rotatable bonds is 1. The van der Waals surface area contributed by atoms with Crippen molar-refractivity contribution in [2.24, 2.45) is 0 Å². The van der Waals surface area contributed by atoms with Gasteiger partial charge in [0.05, 0.1) is 0 Å². The van der Waals surface area contributed by atoms with Crippen molar-refractivity contribution in [3.63, 3.8) is 0 Å². The minimum Gasteiger partial charge on any atom is -0.418 e. The largest absolute Gasteiger partial charge is 0.673 e. The quantitative estimate of drug-likeness (QED) is 0.214. The molecule has 1 unspecified atom stereocenters. The molecule has 0 bridgehead atoms. The van der Waals surface area contributed by atoms with Crippen LogP contribution in [0.4, 0.5) is 26.0 Å². The fourth-order valence-electron chi connectivity index (χ4n) is 0.195. The fraction of sp³-hybridized carbons (Fsp3) is 0.750. The van der Waals surface area contributed by atoms with Gasteiger partial charge in [0.1, 0.15) is 14.1 Å². The number of halogens is 7. The highest BCUT2D eigenvalue weighted by Gasteiger charge is 2.20. The monoisotopic (exact) mass is 229 g/mol. The van der Waals surface area contributed by atoms with Crippen LogP contribution in [-0.4, -0.2) is 37.5 Å². The first-order valence-electron chi connectivity index (χ1n) is 2.90. The summed E-state index contributed by atoms with van der Waals surface area (Å²) in [5.41, 5.74) is -2.01. The SMILES string of the molecule is C[N+](C)=C(F)C(F)Cl.F[B-](F)(F)F. The second kappa shape index (κ2) is 6.12. The van der Waals surface area contributed by atoms with Gasteiger partial charge in [-0.25, -0.2) is 8.97 Å². The highest BCUT2D eigenvalue weighted by Crippen LogP contribution is 2.06. The first-order valence-corrected chi connectivity index (χ1v) is 3.34. The van der Waals surface area contributed by atoms with Gasteiger partial charge < -0.3 is 17.3 Å². The number of hydrogen-bond donors (Lipinski definition) is 0. The molecule has 0 saturated carbocycles. The molecular formula is C4H7BClF6N. The van der Waals surface area contributed by atoms with Crippen molar-refractivity contribution in [1.29, 1.82) is 0 Å². The average molecular weight is 229 g/mol. The van der Waals surface area contributed by atoms with E-state index >= 15 is 0 Å². The molecule has 0 saturated heterocycles. The highest BCUT2D eigenvalue weighted by atomic mass is 35.5. The van der Waals surface area contributed by atoms with Gasteiger partial charge in [-0.1, -0.05) is 11.6 Å². The standard InChI is InChI=1S/C4H7ClF2N.BF4/c1-8(2)4(7)3(5)6;2-1(3,4)5/h3H,1-2H3;/q+1;-1. The van der Waals surface area contributed by atoms with Crippen LogP contribution in [0.25, 0.3) is 0 Å². The maximum Gasteiger partial charge on any atom is 0.673 e. The smallest absolute Gasteiger partial charge is 0.418 e. The van der Waals surface area contributed by atoms with Gasteiger partial charge in [-0.05, 0) is 0 Å². The van der Waals surface area contributed by atoms with Crippen molar-refractivity contribution >= 4 is 24.8 Å². The Morgan fingerprint density at radius 2 is 1.46 bits per heavy atom. The highest BCUT2D eigenvalue weighted by molar-refractivity contribution is 6.50. The molecule has 80 valence electrons. The maximum absolute atomic E-state index is 12.0. The fourth-order valence-corrected chi connectivity index (χ4v) is 0.390. The second-order valence-corrected chi connectivity index (χ2v) is 2.40. The van der Waals surface area contributed by atoms with Gasteiger partial charge >= 0.3 is 13.2 Å². The zero-order valence-electron chi connectivity index (χ0n) is 6.75. The molecule has 0 aromatic heterocycles. The van der Waals surface area contributed by atoms with E-state index in [1.54, 1.807) is 0 Å². The predicted octanol–water partition coefficient (Wildman–Crippen LogP) is 2.46. The molecule has 0 aliphatic heterocycles. The van der Waals surface area contributed by atoms with E-state index in [-0.39, 0.29) is 0 Å². The Kier molecular flexibility index (Phi) is 7.10. The maximum atomic E-state index is 12.0. The van der Waals surface area contributed by atoms with Gasteiger partial charge in [0.25, 0.3) is 5.63 Å². The molecule has 0 aliphatic rings. The molecule has 0 fully saturated rings. The van der Waals surface area contributed by atoms with Crippen molar-refractivity contribution in [3.05, 3.63) is 0 Å². The van der Waals surface area contributed by atoms with Crippen LogP contribution in [-0.2, 0) is 0 Å². The Morgan fingerprint density at radius 1 is 1.23 bits per heavy atom. The lowest BCUT2D eigenvalue weighted by Gasteiger charge is -1.94. The molecule has 0 N–H and O–H groups in total. The summed E-state index contributed by atoms with van der Waals surface area (Å²) in [5.74, 6) is -0.966. The summed E-state index contributed by atoms with van der Waals surface area (Å²) >= 11 is 4.70. The molecule has 0 rings (SSSR count). The van der Waals surface area contributed by atoms with E-state index < -0.39 is 18.9 Å². The molecule has 9 heteroatoms. The molecular weight excluding hydrogens is 222 g/mol. The Morgan fingerprint density at radius 3 is 1.46 bits per heavy atom. The van der Waals surface area contributed by atoms with Crippen molar-refractivity contribution in [1.82, 2.24) is 0 Å². The number of nitrogens with zero attached hydrogens (tertiary/aromatic N) is 1. The zero-order valence-corrected chi connectivity index (χ0v) is 7.50. The van der Waals surface area contributed by atoms with Crippen LogP contribution < -0.4 is 0 Å². The zero-order chi connectivity index (χ0) is 11.2. The topological polar surface area (TPSA) is 3.01 Å². The molecule has 1 atom stereocenters. The lowest BCUT2D eigenvalue weighted by Crippen LogP contribution is -2.14. The van der Waals surface area contributed by atoms with Crippen LogP contribution >= 0.6 is 11.6 Å². The average Bonchev–Trinajstić information content (AvgIpc) is 1.81. The summed E-state index contributed by atoms with van der Waals surface area (Å²) in [7, 11) is -3.24. The molecule has 1 nitrogen and oxygen atoms in total. The summed E-state index contributed by atoms with van der Waals surface area (Å²) in [5, 5.41) is 0. The summed E-state index contributed by atoms with van der Waals surface area (Å²) in [6.07, 6.45) is 0.